The van der Waals surface area contributed by atoms with Crippen molar-refractivity contribution in [1.82, 2.24) is 10.2 Å². The van der Waals surface area contributed by atoms with Gasteiger partial charge in [0.15, 0.2) is 0 Å². The van der Waals surface area contributed by atoms with Crippen LogP contribution in [0.5, 0.6) is 0 Å². The molecule has 2 aromatic carbocycles. The summed E-state index contributed by atoms with van der Waals surface area (Å²) in [7, 11) is -4.08. The van der Waals surface area contributed by atoms with E-state index in [1.54, 1.807) is 13.8 Å². The maximum Gasteiger partial charge on any atom is 0.416 e. The second-order valence-electron chi connectivity index (χ2n) is 6.43. The fraction of sp³-hybridized carbons (Fsp3) is 0.278. The van der Waals surface area contributed by atoms with Crippen LogP contribution in [0.3, 0.4) is 0 Å². The van der Waals surface area contributed by atoms with E-state index >= 15 is 0 Å². The summed E-state index contributed by atoms with van der Waals surface area (Å²) < 4.78 is 65.7. The van der Waals surface area contributed by atoms with E-state index in [0.717, 1.165) is 12.1 Å². The van der Waals surface area contributed by atoms with Gasteiger partial charge in [-0.3, -0.25) is 10.0 Å². The zero-order valence-electron chi connectivity index (χ0n) is 15.0. The molecule has 2 rings (SSSR count). The summed E-state index contributed by atoms with van der Waals surface area (Å²) in [5.41, 5.74) is 1.29. The third-order valence-corrected chi connectivity index (χ3v) is 5.53. The molecular weight excluding hydrogens is 397 g/mol. The molecule has 0 unspecified atom stereocenters. The molecule has 0 aliphatic rings. The van der Waals surface area contributed by atoms with E-state index in [1.807, 2.05) is 0 Å². The lowest BCUT2D eigenvalue weighted by Gasteiger charge is -2.23. The van der Waals surface area contributed by atoms with E-state index in [4.69, 9.17) is 5.21 Å². The third kappa shape index (κ3) is 5.09. The number of carbonyl (C=O) groups is 1. The fourth-order valence-electron chi connectivity index (χ4n) is 2.55. The normalized spacial score (nSPS) is 13.4. The summed E-state index contributed by atoms with van der Waals surface area (Å²) in [4.78, 5) is 11.1. The quantitative estimate of drug-likeness (QED) is 0.496. The van der Waals surface area contributed by atoms with Gasteiger partial charge in [0, 0.05) is 11.6 Å². The summed E-state index contributed by atoms with van der Waals surface area (Å²) in [6.45, 7) is 3.54. The van der Waals surface area contributed by atoms with Crippen LogP contribution in [-0.4, -0.2) is 19.5 Å². The summed E-state index contributed by atoms with van der Waals surface area (Å²) in [5, 5.41) is 8.64. The third-order valence-electron chi connectivity index (χ3n) is 4.07. The number of sulfonamides is 1. The van der Waals surface area contributed by atoms with Gasteiger partial charge in [-0.2, -0.15) is 13.2 Å². The first-order valence-corrected chi connectivity index (χ1v) is 9.68. The van der Waals surface area contributed by atoms with E-state index in [1.165, 1.54) is 29.7 Å². The smallest absolute Gasteiger partial charge is 0.288 e. The minimum atomic E-state index is -4.56. The molecule has 0 aliphatic heterocycles. The van der Waals surface area contributed by atoms with Gasteiger partial charge in [-0.05, 0) is 47.9 Å². The van der Waals surface area contributed by atoms with Crippen molar-refractivity contribution in [2.24, 2.45) is 5.92 Å². The molecule has 2 aromatic rings. The highest BCUT2D eigenvalue weighted by molar-refractivity contribution is 7.89. The van der Waals surface area contributed by atoms with Crippen molar-refractivity contribution in [2.45, 2.75) is 31.0 Å². The van der Waals surface area contributed by atoms with E-state index < -0.39 is 33.7 Å². The van der Waals surface area contributed by atoms with E-state index in [9.17, 15) is 26.4 Å². The molecule has 0 aliphatic carbocycles. The number of rotatable bonds is 6. The van der Waals surface area contributed by atoms with Gasteiger partial charge in [0.1, 0.15) is 0 Å². The largest absolute Gasteiger partial charge is 0.416 e. The number of halogens is 3. The van der Waals surface area contributed by atoms with Crippen molar-refractivity contribution in [3.8, 4) is 0 Å². The van der Waals surface area contributed by atoms with Gasteiger partial charge in [0.25, 0.3) is 5.91 Å². The lowest BCUT2D eigenvalue weighted by molar-refractivity contribution is -0.137. The number of hydroxylamine groups is 1. The van der Waals surface area contributed by atoms with Crippen LogP contribution in [0.2, 0.25) is 0 Å². The highest BCUT2D eigenvalue weighted by Crippen LogP contribution is 2.30. The standard InChI is InChI=1S/C18H19F3N2O4S/c1-11(2)16(12-3-5-13(6-4-12)17(24)22-25)23-28(26,27)15-9-7-14(8-10-15)18(19,20)21/h3-11,16,23,25H,1-2H3,(H,22,24)/t16-/m1/s1. The first kappa shape index (κ1) is 21.9. The van der Waals surface area contributed by atoms with E-state index in [0.29, 0.717) is 17.7 Å². The highest BCUT2D eigenvalue weighted by Gasteiger charge is 2.31. The number of hydrogen-bond donors (Lipinski definition) is 3. The lowest BCUT2D eigenvalue weighted by Crippen LogP contribution is -2.32. The Morgan fingerprint density at radius 1 is 1.00 bits per heavy atom. The van der Waals surface area contributed by atoms with Gasteiger partial charge in [-0.1, -0.05) is 26.0 Å². The van der Waals surface area contributed by atoms with Crippen LogP contribution in [0.4, 0.5) is 13.2 Å². The maximum atomic E-state index is 12.7. The average Bonchev–Trinajstić information content (AvgIpc) is 2.65. The summed E-state index contributed by atoms with van der Waals surface area (Å²) in [5.74, 6) is -0.903. The molecule has 0 aromatic heterocycles. The molecular formula is C18H19F3N2O4S. The predicted octanol–water partition coefficient (Wildman–Crippen LogP) is 3.50. The summed E-state index contributed by atoms with van der Waals surface area (Å²) in [6, 6.07) is 8.44. The first-order valence-electron chi connectivity index (χ1n) is 8.19. The van der Waals surface area contributed by atoms with Crippen molar-refractivity contribution in [2.75, 3.05) is 0 Å². The van der Waals surface area contributed by atoms with Gasteiger partial charge in [-0.15, -0.1) is 0 Å². The van der Waals surface area contributed by atoms with Crippen molar-refractivity contribution in [3.63, 3.8) is 0 Å². The Morgan fingerprint density at radius 2 is 1.54 bits per heavy atom. The Hall–Kier alpha value is -2.43. The van der Waals surface area contributed by atoms with Crippen LogP contribution in [0.25, 0.3) is 0 Å². The molecule has 6 nitrogen and oxygen atoms in total. The van der Waals surface area contributed by atoms with Gasteiger partial charge in [0.2, 0.25) is 10.0 Å². The molecule has 152 valence electrons. The van der Waals surface area contributed by atoms with Gasteiger partial charge < -0.3 is 0 Å². The van der Waals surface area contributed by atoms with Crippen molar-refractivity contribution >= 4 is 15.9 Å². The molecule has 0 saturated carbocycles. The molecule has 28 heavy (non-hydrogen) atoms. The zero-order chi connectivity index (χ0) is 21.1. The van der Waals surface area contributed by atoms with Crippen LogP contribution >= 0.6 is 0 Å². The molecule has 0 heterocycles. The Labute approximate surface area is 160 Å². The summed E-state index contributed by atoms with van der Waals surface area (Å²) in [6.07, 6.45) is -4.56. The van der Waals surface area contributed by atoms with Crippen LogP contribution < -0.4 is 10.2 Å². The fourth-order valence-corrected chi connectivity index (χ4v) is 3.93. The maximum absolute atomic E-state index is 12.7. The molecule has 0 spiro atoms. The number of benzene rings is 2. The van der Waals surface area contributed by atoms with Crippen LogP contribution in [0, 0.1) is 5.92 Å². The summed E-state index contributed by atoms with van der Waals surface area (Å²) >= 11 is 0. The van der Waals surface area contributed by atoms with Crippen molar-refractivity contribution in [3.05, 3.63) is 65.2 Å². The van der Waals surface area contributed by atoms with Gasteiger partial charge in [-0.25, -0.2) is 18.6 Å². The first-order chi connectivity index (χ1) is 13.0. The Kier molecular flexibility index (Phi) is 6.48. The van der Waals surface area contributed by atoms with E-state index in [-0.39, 0.29) is 16.4 Å². The SMILES string of the molecule is CC(C)[C@@H](NS(=O)(=O)c1ccc(C(F)(F)F)cc1)c1ccc(C(=O)NO)cc1. The predicted molar refractivity (Wildman–Crippen MR) is 95.0 cm³/mol. The van der Waals surface area contributed by atoms with Gasteiger partial charge >= 0.3 is 6.18 Å². The molecule has 0 bridgehead atoms. The number of amides is 1. The Balaban J connectivity index is 2.29. The number of alkyl halides is 3. The Bertz CT molecular complexity index is 925. The number of carbonyl (C=O) groups excluding carboxylic acids is 1. The Morgan fingerprint density at radius 3 is 1.96 bits per heavy atom. The number of nitrogens with one attached hydrogen (secondary N) is 2. The molecule has 1 atom stereocenters. The van der Waals surface area contributed by atoms with Crippen molar-refractivity contribution in [1.29, 1.82) is 0 Å². The second kappa shape index (κ2) is 8.29. The van der Waals surface area contributed by atoms with Crippen molar-refractivity contribution < 1.29 is 31.6 Å². The molecule has 3 N–H and O–H groups in total. The number of hydrogen-bond acceptors (Lipinski definition) is 4. The topological polar surface area (TPSA) is 95.5 Å². The average molecular weight is 416 g/mol. The van der Waals surface area contributed by atoms with Gasteiger partial charge in [0.05, 0.1) is 10.5 Å². The van der Waals surface area contributed by atoms with E-state index in [2.05, 4.69) is 4.72 Å². The molecule has 10 heteroatoms. The highest BCUT2D eigenvalue weighted by atomic mass is 32.2. The molecule has 0 radical (unpaired) electrons. The minimum Gasteiger partial charge on any atom is -0.288 e. The second-order valence-corrected chi connectivity index (χ2v) is 8.14. The lowest BCUT2D eigenvalue weighted by atomic mass is 9.96. The minimum absolute atomic E-state index is 0.180. The van der Waals surface area contributed by atoms with Crippen LogP contribution in [0.15, 0.2) is 53.4 Å². The molecule has 1 amide bonds. The zero-order valence-corrected chi connectivity index (χ0v) is 15.8. The monoisotopic (exact) mass is 416 g/mol. The van der Waals surface area contributed by atoms with Crippen LogP contribution in [0.1, 0.15) is 41.4 Å². The van der Waals surface area contributed by atoms with Crippen LogP contribution in [-0.2, 0) is 16.2 Å². The molecule has 0 fully saturated rings. The molecule has 0 saturated heterocycles.